The molecule has 0 N–H and O–H groups in total. The van der Waals surface area contributed by atoms with Crippen LogP contribution in [0.5, 0.6) is 0 Å². The largest absolute Gasteiger partial charge is 0.292 e. The lowest BCUT2D eigenvalue weighted by Gasteiger charge is -2.30. The van der Waals surface area contributed by atoms with Crippen LogP contribution in [0.2, 0.25) is 10.0 Å². The molecule has 0 spiro atoms. The number of allylic oxidation sites excluding steroid dienone is 2. The molecule has 1 aliphatic carbocycles. The molecule has 0 bridgehead atoms. The van der Waals surface area contributed by atoms with Crippen LogP contribution in [0.1, 0.15) is 33.6 Å². The van der Waals surface area contributed by atoms with Crippen molar-refractivity contribution in [2.45, 2.75) is 12.8 Å². The lowest BCUT2D eigenvalue weighted by Crippen LogP contribution is -2.52. The number of hydrogen-bond acceptors (Lipinski definition) is 4. The van der Waals surface area contributed by atoms with Crippen molar-refractivity contribution in [3.05, 3.63) is 81.9 Å². The van der Waals surface area contributed by atoms with E-state index in [4.69, 9.17) is 23.2 Å². The second kappa shape index (κ2) is 8.65. The zero-order valence-electron chi connectivity index (χ0n) is 16.3. The predicted molar refractivity (Wildman–Crippen MR) is 115 cm³/mol. The monoisotopic (exact) mass is 456 g/mol. The summed E-state index contributed by atoms with van der Waals surface area (Å²) in [6.45, 7) is -0.465. The van der Waals surface area contributed by atoms with E-state index in [2.05, 4.69) is 0 Å². The predicted octanol–water partition coefficient (Wildman–Crippen LogP) is 4.18. The first-order valence-corrected chi connectivity index (χ1v) is 10.5. The van der Waals surface area contributed by atoms with Gasteiger partial charge in [-0.1, -0.05) is 35.4 Å². The number of carbonyl (C=O) groups excluding carboxylic acids is 4. The number of ketones is 1. The molecule has 1 fully saturated rings. The number of hydrogen-bond donors (Lipinski definition) is 0. The van der Waals surface area contributed by atoms with Gasteiger partial charge in [-0.2, -0.15) is 5.01 Å². The van der Waals surface area contributed by atoms with Crippen molar-refractivity contribution >= 4 is 46.7 Å². The van der Waals surface area contributed by atoms with Gasteiger partial charge in [-0.05, 0) is 61.4 Å². The van der Waals surface area contributed by atoms with Gasteiger partial charge in [-0.25, -0.2) is 5.01 Å². The Hall–Kier alpha value is -2.96. The summed E-state index contributed by atoms with van der Waals surface area (Å²) in [5, 5.41) is 2.70. The quantitative estimate of drug-likeness (QED) is 0.384. The Balaban J connectivity index is 1.68. The molecule has 1 heterocycles. The van der Waals surface area contributed by atoms with E-state index in [1.165, 1.54) is 36.4 Å². The van der Waals surface area contributed by atoms with Crippen LogP contribution < -0.4 is 0 Å². The van der Waals surface area contributed by atoms with Gasteiger partial charge in [0.05, 0.1) is 11.8 Å². The maximum Gasteiger partial charge on any atom is 0.273 e. The summed E-state index contributed by atoms with van der Waals surface area (Å²) in [5.41, 5.74) is 0.526. The highest BCUT2D eigenvalue weighted by atomic mass is 35.5. The smallest absolute Gasteiger partial charge is 0.273 e. The van der Waals surface area contributed by atoms with E-state index in [1.807, 2.05) is 12.2 Å². The zero-order chi connectivity index (χ0) is 22.1. The van der Waals surface area contributed by atoms with E-state index in [0.29, 0.717) is 28.5 Å². The molecule has 0 saturated carbocycles. The summed E-state index contributed by atoms with van der Waals surface area (Å²) in [5.74, 6) is -3.04. The third-order valence-corrected chi connectivity index (χ3v) is 6.01. The average Bonchev–Trinajstić information content (AvgIpc) is 3.03. The van der Waals surface area contributed by atoms with Gasteiger partial charge in [-0.3, -0.25) is 19.2 Å². The third-order valence-electron chi connectivity index (χ3n) is 5.51. The highest BCUT2D eigenvalue weighted by molar-refractivity contribution is 6.31. The fourth-order valence-corrected chi connectivity index (χ4v) is 4.11. The first-order chi connectivity index (χ1) is 14.9. The fourth-order valence-electron chi connectivity index (χ4n) is 3.86. The lowest BCUT2D eigenvalue weighted by molar-refractivity contribution is -0.154. The molecular weight excluding hydrogens is 439 g/mol. The van der Waals surface area contributed by atoms with E-state index in [1.54, 1.807) is 12.1 Å². The molecular formula is C23H18Cl2N2O4. The van der Waals surface area contributed by atoms with Crippen molar-refractivity contribution in [1.82, 2.24) is 10.0 Å². The number of nitrogens with zero attached hydrogens (tertiary/aromatic N) is 2. The molecule has 3 amide bonds. The molecule has 4 rings (SSSR count). The van der Waals surface area contributed by atoms with Gasteiger partial charge in [0.1, 0.15) is 6.54 Å². The zero-order valence-corrected chi connectivity index (χ0v) is 17.8. The van der Waals surface area contributed by atoms with Crippen molar-refractivity contribution in [2.75, 3.05) is 6.54 Å². The highest BCUT2D eigenvalue weighted by Crippen LogP contribution is 2.36. The van der Waals surface area contributed by atoms with Crippen LogP contribution >= 0.6 is 23.2 Å². The Morgan fingerprint density at radius 2 is 1.26 bits per heavy atom. The van der Waals surface area contributed by atoms with E-state index in [9.17, 15) is 19.2 Å². The molecule has 0 aromatic heterocycles. The molecule has 1 aliphatic heterocycles. The van der Waals surface area contributed by atoms with Crippen molar-refractivity contribution in [2.24, 2.45) is 11.8 Å². The molecule has 0 radical (unpaired) electrons. The Kier molecular flexibility index (Phi) is 5.94. The van der Waals surface area contributed by atoms with Crippen molar-refractivity contribution in [3.8, 4) is 0 Å². The molecule has 158 valence electrons. The standard InChI is InChI=1S/C23H18Cl2N2O4/c24-16-9-5-14(6-10-16)20(28)13-26(21(29)15-7-11-17(25)12-8-15)27-22(30)18-3-1-2-4-19(18)23(27)31/h1-2,5-12,18-19H,3-4,13H2/t18-,19+. The second-order valence-electron chi connectivity index (χ2n) is 7.44. The van der Waals surface area contributed by atoms with E-state index < -0.39 is 41.9 Å². The summed E-state index contributed by atoms with van der Waals surface area (Å²) in [6.07, 6.45) is 4.58. The summed E-state index contributed by atoms with van der Waals surface area (Å²) in [7, 11) is 0. The van der Waals surface area contributed by atoms with Gasteiger partial charge in [0.2, 0.25) is 0 Å². The maximum atomic E-state index is 13.3. The van der Waals surface area contributed by atoms with Gasteiger partial charge in [0.15, 0.2) is 5.78 Å². The van der Waals surface area contributed by atoms with E-state index in [0.717, 1.165) is 10.0 Å². The SMILES string of the molecule is O=C(CN(C(=O)c1ccc(Cl)cc1)N1C(=O)[C@H]2CC=CC[C@H]2C1=O)c1ccc(Cl)cc1. The first kappa shape index (κ1) is 21.3. The number of hydrazine groups is 1. The highest BCUT2D eigenvalue weighted by Gasteiger charge is 2.51. The molecule has 0 unspecified atom stereocenters. The minimum atomic E-state index is -0.632. The number of benzene rings is 2. The van der Waals surface area contributed by atoms with Crippen molar-refractivity contribution in [3.63, 3.8) is 0 Å². The fraction of sp³-hybridized carbons (Fsp3) is 0.217. The van der Waals surface area contributed by atoms with Gasteiger partial charge < -0.3 is 0 Å². The molecule has 2 aromatic rings. The molecule has 2 aliphatic rings. The molecule has 31 heavy (non-hydrogen) atoms. The van der Waals surface area contributed by atoms with E-state index in [-0.39, 0.29) is 5.56 Å². The normalized spacial score (nSPS) is 20.0. The molecule has 2 aromatic carbocycles. The van der Waals surface area contributed by atoms with Crippen molar-refractivity contribution < 1.29 is 19.2 Å². The number of amides is 3. The average molecular weight is 457 g/mol. The number of imide groups is 1. The van der Waals surface area contributed by atoms with Crippen LogP contribution in [0.15, 0.2) is 60.7 Å². The van der Waals surface area contributed by atoms with Gasteiger partial charge >= 0.3 is 0 Å². The molecule has 1 saturated heterocycles. The van der Waals surface area contributed by atoms with Gasteiger partial charge in [0.25, 0.3) is 17.7 Å². The number of rotatable bonds is 5. The van der Waals surface area contributed by atoms with Gasteiger partial charge in [-0.15, -0.1) is 0 Å². The van der Waals surface area contributed by atoms with Crippen LogP contribution in [0.25, 0.3) is 0 Å². The maximum absolute atomic E-state index is 13.3. The number of carbonyl (C=O) groups is 4. The van der Waals surface area contributed by atoms with E-state index >= 15 is 0 Å². The van der Waals surface area contributed by atoms with Crippen LogP contribution in [-0.2, 0) is 9.59 Å². The Morgan fingerprint density at radius 1 is 0.806 bits per heavy atom. The summed E-state index contributed by atoms with van der Waals surface area (Å²) < 4.78 is 0. The summed E-state index contributed by atoms with van der Waals surface area (Å²) in [4.78, 5) is 52.4. The van der Waals surface area contributed by atoms with Crippen LogP contribution in [0.4, 0.5) is 0 Å². The summed E-state index contributed by atoms with van der Waals surface area (Å²) >= 11 is 11.8. The van der Waals surface area contributed by atoms with Crippen molar-refractivity contribution in [1.29, 1.82) is 0 Å². The first-order valence-electron chi connectivity index (χ1n) is 9.75. The Labute approximate surface area is 189 Å². The molecule has 8 heteroatoms. The second-order valence-corrected chi connectivity index (χ2v) is 8.32. The molecule has 2 atom stereocenters. The van der Waals surface area contributed by atoms with Gasteiger partial charge in [0, 0.05) is 21.2 Å². The number of halogens is 2. The third kappa shape index (κ3) is 4.13. The number of fused-ring (bicyclic) bond motifs is 1. The Bertz CT molecular complexity index is 1050. The lowest BCUT2D eigenvalue weighted by atomic mass is 9.85. The van der Waals surface area contributed by atoms with Crippen LogP contribution in [-0.4, -0.2) is 40.1 Å². The van der Waals surface area contributed by atoms with Crippen LogP contribution in [0.3, 0.4) is 0 Å². The Morgan fingerprint density at radius 3 is 1.74 bits per heavy atom. The molecule has 6 nitrogen and oxygen atoms in total. The minimum Gasteiger partial charge on any atom is -0.292 e. The number of Topliss-reactive ketones (excluding diaryl/α,β-unsaturated/α-hetero) is 1. The topological polar surface area (TPSA) is 74.8 Å². The summed E-state index contributed by atoms with van der Waals surface area (Å²) in [6, 6.07) is 12.2. The van der Waals surface area contributed by atoms with Crippen LogP contribution in [0, 0.1) is 11.8 Å². The minimum absolute atomic E-state index is 0.210.